The summed E-state index contributed by atoms with van der Waals surface area (Å²) in [6.07, 6.45) is 7.02. The zero-order valence-electron chi connectivity index (χ0n) is 15.7. The highest BCUT2D eigenvalue weighted by molar-refractivity contribution is 6.26. The first-order chi connectivity index (χ1) is 13.6. The topological polar surface area (TPSA) is 85.4 Å². The molecule has 4 heterocycles. The van der Waals surface area contributed by atoms with Crippen LogP contribution in [0.4, 0.5) is 0 Å². The third-order valence-electron chi connectivity index (χ3n) is 5.90. The monoisotopic (exact) mass is 399 g/mol. The minimum absolute atomic E-state index is 0.0210. The van der Waals surface area contributed by atoms with Crippen LogP contribution >= 0.6 is 11.6 Å². The Morgan fingerprint density at radius 2 is 2.18 bits per heavy atom. The van der Waals surface area contributed by atoms with Gasteiger partial charge >= 0.3 is 0 Å². The van der Waals surface area contributed by atoms with Gasteiger partial charge in [0.25, 0.3) is 0 Å². The van der Waals surface area contributed by atoms with Crippen LogP contribution in [0.25, 0.3) is 22.4 Å². The molecule has 0 saturated carbocycles. The molecule has 0 radical (unpaired) electrons. The van der Waals surface area contributed by atoms with Gasteiger partial charge in [-0.3, -0.25) is 4.40 Å². The maximum atomic E-state index is 11.1. The van der Waals surface area contributed by atoms with E-state index in [9.17, 15) is 5.11 Å². The number of hydrogen-bond acceptors (Lipinski definition) is 6. The lowest BCUT2D eigenvalue weighted by atomic mass is 9.75. The first-order valence-corrected chi connectivity index (χ1v) is 10.1. The second-order valence-corrected chi connectivity index (χ2v) is 8.29. The van der Waals surface area contributed by atoms with Crippen LogP contribution in [0.3, 0.4) is 0 Å². The number of rotatable bonds is 2. The second kappa shape index (κ2) is 6.76. The Balaban J connectivity index is 1.68. The summed E-state index contributed by atoms with van der Waals surface area (Å²) in [4.78, 5) is 9.09. The van der Waals surface area contributed by atoms with E-state index in [0.717, 1.165) is 42.5 Å². The molecule has 0 spiro atoms. The van der Waals surface area contributed by atoms with Crippen LogP contribution < -0.4 is 0 Å². The Kier molecular flexibility index (Phi) is 4.34. The maximum Gasteiger partial charge on any atom is 0.184 e. The van der Waals surface area contributed by atoms with Gasteiger partial charge in [-0.05, 0) is 44.7 Å². The normalized spacial score (nSPS) is 28.6. The molecule has 1 aliphatic heterocycles. The van der Waals surface area contributed by atoms with E-state index in [4.69, 9.17) is 16.3 Å². The van der Waals surface area contributed by atoms with E-state index in [2.05, 4.69) is 26.2 Å². The molecule has 1 N–H and O–H groups in total. The average molecular weight is 400 g/mol. The second-order valence-electron chi connectivity index (χ2n) is 7.76. The molecule has 0 amide bonds. The highest BCUT2D eigenvalue weighted by Crippen LogP contribution is 2.40. The SMILES string of the molecule is Cc1nc2cccnc2n2c(C3=CC([C@]4(O)CCCOC4)CCC3Cl)nnc12. The van der Waals surface area contributed by atoms with Crippen molar-refractivity contribution in [2.24, 2.45) is 5.92 Å². The van der Waals surface area contributed by atoms with Gasteiger partial charge in [0.1, 0.15) is 5.52 Å². The zero-order valence-corrected chi connectivity index (χ0v) is 16.4. The molecule has 1 aliphatic carbocycles. The van der Waals surface area contributed by atoms with E-state index >= 15 is 0 Å². The van der Waals surface area contributed by atoms with Crippen molar-refractivity contribution < 1.29 is 9.84 Å². The number of hydrogen-bond donors (Lipinski definition) is 1. The van der Waals surface area contributed by atoms with E-state index in [0.29, 0.717) is 30.3 Å². The summed E-state index contributed by atoms with van der Waals surface area (Å²) < 4.78 is 7.50. The Bertz CT molecular complexity index is 1070. The number of pyridine rings is 1. The van der Waals surface area contributed by atoms with Gasteiger partial charge in [-0.2, -0.15) is 0 Å². The van der Waals surface area contributed by atoms with Gasteiger partial charge in [-0.15, -0.1) is 21.8 Å². The van der Waals surface area contributed by atoms with Crippen molar-refractivity contribution in [3.63, 3.8) is 0 Å². The molecule has 28 heavy (non-hydrogen) atoms. The van der Waals surface area contributed by atoms with Crippen molar-refractivity contribution >= 4 is 34.0 Å². The number of halogens is 1. The standard InChI is InChI=1S/C20H22ClN5O2/c1-12-17-24-25-18(26(17)19-16(23-12)4-2-8-22-19)14-10-13(5-6-15(14)21)20(27)7-3-9-28-11-20/h2,4,8,10,13,15,27H,3,5-7,9,11H2,1H3/t13?,15?,20-/m0/s1. The van der Waals surface area contributed by atoms with Crippen LogP contribution in [-0.2, 0) is 4.74 Å². The zero-order chi connectivity index (χ0) is 19.3. The third kappa shape index (κ3) is 2.80. The van der Waals surface area contributed by atoms with Crippen LogP contribution in [0.5, 0.6) is 0 Å². The summed E-state index contributed by atoms with van der Waals surface area (Å²) in [6, 6.07) is 3.79. The first kappa shape index (κ1) is 18.0. The van der Waals surface area contributed by atoms with Crippen LogP contribution in [0, 0.1) is 12.8 Å². The molecular formula is C20H22ClN5O2. The highest BCUT2D eigenvalue weighted by Gasteiger charge is 2.40. The van der Waals surface area contributed by atoms with Gasteiger partial charge in [0.15, 0.2) is 17.1 Å². The van der Waals surface area contributed by atoms with Crippen molar-refractivity contribution in [3.05, 3.63) is 35.9 Å². The number of aryl methyl sites for hydroxylation is 1. The summed E-state index contributed by atoms with van der Waals surface area (Å²) in [6.45, 7) is 2.99. The van der Waals surface area contributed by atoms with E-state index in [-0.39, 0.29) is 11.3 Å². The van der Waals surface area contributed by atoms with Crippen LogP contribution in [0.1, 0.15) is 37.2 Å². The Hall–Kier alpha value is -2.09. The molecule has 3 aromatic heterocycles. The van der Waals surface area contributed by atoms with Gasteiger partial charge in [-0.1, -0.05) is 6.08 Å². The smallest absolute Gasteiger partial charge is 0.184 e. The van der Waals surface area contributed by atoms with Crippen LogP contribution in [0.15, 0.2) is 24.4 Å². The highest BCUT2D eigenvalue weighted by atomic mass is 35.5. The Labute approximate surface area is 167 Å². The third-order valence-corrected chi connectivity index (χ3v) is 6.35. The summed E-state index contributed by atoms with van der Waals surface area (Å²) in [5.41, 5.74) is 2.99. The number of fused-ring (bicyclic) bond motifs is 3. The van der Waals surface area contributed by atoms with E-state index in [1.165, 1.54) is 0 Å². The number of aromatic nitrogens is 5. The fourth-order valence-corrected chi connectivity index (χ4v) is 4.70. The molecule has 5 rings (SSSR count). The van der Waals surface area contributed by atoms with Crippen molar-refractivity contribution in [1.29, 1.82) is 0 Å². The predicted octanol–water partition coefficient (Wildman–Crippen LogP) is 2.92. The minimum Gasteiger partial charge on any atom is -0.387 e. The molecule has 0 aromatic carbocycles. The lowest BCUT2D eigenvalue weighted by Gasteiger charge is -2.40. The van der Waals surface area contributed by atoms with Crippen LogP contribution in [0.2, 0.25) is 0 Å². The molecule has 146 valence electrons. The maximum absolute atomic E-state index is 11.1. The summed E-state index contributed by atoms with van der Waals surface area (Å²) >= 11 is 6.72. The van der Waals surface area contributed by atoms with Crippen molar-refractivity contribution in [2.75, 3.05) is 13.2 Å². The molecule has 8 heteroatoms. The first-order valence-electron chi connectivity index (χ1n) is 9.69. The average Bonchev–Trinajstić information content (AvgIpc) is 3.15. The summed E-state index contributed by atoms with van der Waals surface area (Å²) in [5.74, 6) is 0.654. The number of alkyl halides is 1. The molecule has 2 aliphatic rings. The minimum atomic E-state index is -0.848. The van der Waals surface area contributed by atoms with Crippen molar-refractivity contribution in [2.45, 2.75) is 43.6 Å². The number of ether oxygens (including phenoxy) is 1. The van der Waals surface area contributed by atoms with E-state index in [1.54, 1.807) is 6.20 Å². The molecule has 2 unspecified atom stereocenters. The summed E-state index contributed by atoms with van der Waals surface area (Å²) in [5, 5.41) is 19.8. The molecule has 1 saturated heterocycles. The lowest BCUT2D eigenvalue weighted by Crippen LogP contribution is -2.46. The fourth-order valence-electron chi connectivity index (χ4n) is 4.40. The molecule has 3 aromatic rings. The fraction of sp³-hybridized carbons (Fsp3) is 0.500. The van der Waals surface area contributed by atoms with Gasteiger partial charge in [0.05, 0.1) is 23.3 Å². The van der Waals surface area contributed by atoms with Gasteiger partial charge in [0.2, 0.25) is 0 Å². The quantitative estimate of drug-likeness (QED) is 0.667. The number of nitrogens with zero attached hydrogens (tertiary/aromatic N) is 5. The largest absolute Gasteiger partial charge is 0.387 e. The van der Waals surface area contributed by atoms with Gasteiger partial charge < -0.3 is 9.84 Å². The molecule has 3 atom stereocenters. The van der Waals surface area contributed by atoms with Crippen LogP contribution in [-0.4, -0.2) is 53.9 Å². The molecule has 1 fully saturated rings. The molecular weight excluding hydrogens is 378 g/mol. The molecule has 0 bridgehead atoms. The lowest BCUT2D eigenvalue weighted by molar-refractivity contribution is -0.111. The Morgan fingerprint density at radius 1 is 1.29 bits per heavy atom. The van der Waals surface area contributed by atoms with Crippen molar-refractivity contribution in [3.8, 4) is 0 Å². The predicted molar refractivity (Wildman–Crippen MR) is 106 cm³/mol. The van der Waals surface area contributed by atoms with Crippen molar-refractivity contribution in [1.82, 2.24) is 24.6 Å². The number of aliphatic hydroxyl groups is 1. The van der Waals surface area contributed by atoms with Gasteiger partial charge in [0, 0.05) is 24.3 Å². The summed E-state index contributed by atoms with van der Waals surface area (Å²) in [7, 11) is 0. The number of allylic oxidation sites excluding steroid dienone is 1. The van der Waals surface area contributed by atoms with Gasteiger partial charge in [-0.25, -0.2) is 9.97 Å². The Morgan fingerprint density at radius 3 is 3.00 bits per heavy atom. The van der Waals surface area contributed by atoms with E-state index < -0.39 is 5.60 Å². The van der Waals surface area contributed by atoms with E-state index in [1.807, 2.05) is 23.5 Å². The molecule has 7 nitrogen and oxygen atoms in total.